The molecule has 22 heavy (non-hydrogen) atoms. The summed E-state index contributed by atoms with van der Waals surface area (Å²) in [4.78, 5) is 51.4. The fourth-order valence-electron chi connectivity index (χ4n) is 1.97. The van der Waals surface area contributed by atoms with E-state index in [2.05, 4.69) is 0 Å². The number of aliphatic hydroxyl groups is 1. The lowest BCUT2D eigenvalue weighted by Gasteiger charge is -2.19. The van der Waals surface area contributed by atoms with Crippen molar-refractivity contribution in [3.05, 3.63) is 12.2 Å². The van der Waals surface area contributed by atoms with Gasteiger partial charge >= 0.3 is 5.97 Å². The van der Waals surface area contributed by atoms with E-state index in [1.54, 1.807) is 0 Å². The molecule has 3 amide bonds. The highest BCUT2D eigenvalue weighted by Crippen LogP contribution is 2.14. The van der Waals surface area contributed by atoms with Crippen molar-refractivity contribution in [1.29, 1.82) is 0 Å². The molecule has 2 heterocycles. The maximum absolute atomic E-state index is 11.5. The fourth-order valence-corrected chi connectivity index (χ4v) is 2.81. The molecule has 0 aliphatic carbocycles. The Kier molecular flexibility index (Phi) is 5.56. The number of hydrogen-bond donors (Lipinski definition) is 1. The number of nitrogens with zero attached hydrogens (tertiary/aromatic N) is 2. The molecule has 0 bridgehead atoms. The molecule has 1 saturated heterocycles. The average molecular weight is 328 g/mol. The number of hydroxylamine groups is 2. The average Bonchev–Trinajstić information content (AvgIpc) is 2.96. The smallest absolute Gasteiger partial charge is 0.334 e. The Morgan fingerprint density at radius 2 is 1.95 bits per heavy atom. The molecule has 8 nitrogen and oxygen atoms in total. The van der Waals surface area contributed by atoms with Gasteiger partial charge in [0.15, 0.2) is 0 Å². The van der Waals surface area contributed by atoms with Crippen molar-refractivity contribution in [2.24, 2.45) is 0 Å². The number of amides is 3. The molecule has 0 saturated carbocycles. The number of imide groups is 1. The molecule has 0 spiro atoms. The summed E-state index contributed by atoms with van der Waals surface area (Å²) in [5.41, 5.74) is 0. The minimum Gasteiger partial charge on any atom is -0.370 e. The summed E-state index contributed by atoms with van der Waals surface area (Å²) in [7, 11) is 0. The molecule has 2 aliphatic rings. The molecular weight excluding hydrogens is 312 g/mol. The Morgan fingerprint density at radius 1 is 1.27 bits per heavy atom. The van der Waals surface area contributed by atoms with E-state index < -0.39 is 24.0 Å². The van der Waals surface area contributed by atoms with Crippen LogP contribution in [0.5, 0.6) is 0 Å². The van der Waals surface area contributed by atoms with Crippen molar-refractivity contribution in [2.75, 3.05) is 18.1 Å². The van der Waals surface area contributed by atoms with E-state index in [9.17, 15) is 24.3 Å². The SMILES string of the molecule is O=C(CCSCCN1C(=O)C=CC1O)ON1C(=O)CCC1=O. The second-order valence-corrected chi connectivity index (χ2v) is 5.94. The Labute approximate surface area is 131 Å². The molecular formula is C13H16N2O6S. The van der Waals surface area contributed by atoms with Gasteiger partial charge in [-0.2, -0.15) is 11.8 Å². The van der Waals surface area contributed by atoms with Gasteiger partial charge in [0.25, 0.3) is 11.8 Å². The van der Waals surface area contributed by atoms with Crippen LogP contribution in [0.3, 0.4) is 0 Å². The molecule has 1 unspecified atom stereocenters. The zero-order valence-electron chi connectivity index (χ0n) is 11.8. The first-order valence-electron chi connectivity index (χ1n) is 6.80. The van der Waals surface area contributed by atoms with Crippen LogP contribution >= 0.6 is 11.8 Å². The number of hydrogen-bond acceptors (Lipinski definition) is 7. The van der Waals surface area contributed by atoms with Gasteiger partial charge in [0.05, 0.1) is 6.42 Å². The first kappa shape index (κ1) is 16.5. The highest BCUT2D eigenvalue weighted by Gasteiger charge is 2.32. The van der Waals surface area contributed by atoms with Crippen molar-refractivity contribution >= 4 is 35.5 Å². The lowest BCUT2D eigenvalue weighted by molar-refractivity contribution is -0.197. The van der Waals surface area contributed by atoms with Crippen molar-refractivity contribution in [1.82, 2.24) is 9.96 Å². The van der Waals surface area contributed by atoms with Crippen LogP contribution in [0, 0.1) is 0 Å². The highest BCUT2D eigenvalue weighted by atomic mass is 32.2. The van der Waals surface area contributed by atoms with Crippen molar-refractivity contribution in [3.8, 4) is 0 Å². The van der Waals surface area contributed by atoms with Gasteiger partial charge in [-0.1, -0.05) is 0 Å². The minimum atomic E-state index is -0.884. The van der Waals surface area contributed by atoms with Gasteiger partial charge in [-0.05, 0) is 6.08 Å². The van der Waals surface area contributed by atoms with E-state index in [-0.39, 0.29) is 25.2 Å². The lowest BCUT2D eigenvalue weighted by atomic mass is 10.4. The van der Waals surface area contributed by atoms with Crippen LogP contribution in [0.1, 0.15) is 19.3 Å². The first-order chi connectivity index (χ1) is 10.5. The van der Waals surface area contributed by atoms with Crippen LogP contribution < -0.4 is 0 Å². The highest BCUT2D eigenvalue weighted by molar-refractivity contribution is 7.99. The Bertz CT molecular complexity index is 505. The van der Waals surface area contributed by atoms with Gasteiger partial charge < -0.3 is 14.8 Å². The molecule has 120 valence electrons. The van der Waals surface area contributed by atoms with Gasteiger partial charge in [-0.25, -0.2) is 4.79 Å². The zero-order valence-corrected chi connectivity index (χ0v) is 12.6. The molecule has 9 heteroatoms. The van der Waals surface area contributed by atoms with Crippen LogP contribution in [-0.2, 0) is 24.0 Å². The molecule has 1 N–H and O–H groups in total. The Hall–Kier alpha value is -1.87. The van der Waals surface area contributed by atoms with Crippen molar-refractivity contribution in [2.45, 2.75) is 25.5 Å². The zero-order chi connectivity index (χ0) is 16.1. The van der Waals surface area contributed by atoms with Crippen LogP contribution in [0.25, 0.3) is 0 Å². The number of rotatable bonds is 7. The Morgan fingerprint density at radius 3 is 2.55 bits per heavy atom. The van der Waals surface area contributed by atoms with Gasteiger partial charge in [0.2, 0.25) is 5.91 Å². The van der Waals surface area contributed by atoms with Gasteiger partial charge in [0, 0.05) is 37.0 Å². The molecule has 2 rings (SSSR count). The summed E-state index contributed by atoms with van der Waals surface area (Å²) in [5.74, 6) is -0.895. The monoisotopic (exact) mass is 328 g/mol. The summed E-state index contributed by atoms with van der Waals surface area (Å²) in [6.45, 7) is 0.371. The molecule has 1 atom stereocenters. The molecule has 0 radical (unpaired) electrons. The first-order valence-corrected chi connectivity index (χ1v) is 7.95. The van der Waals surface area contributed by atoms with Crippen LogP contribution in [0.2, 0.25) is 0 Å². The third-order valence-electron chi connectivity index (χ3n) is 3.14. The van der Waals surface area contributed by atoms with Crippen molar-refractivity contribution in [3.63, 3.8) is 0 Å². The molecule has 0 aromatic heterocycles. The summed E-state index contributed by atoms with van der Waals surface area (Å²) < 4.78 is 0. The third kappa shape index (κ3) is 4.08. The van der Waals surface area contributed by atoms with E-state index >= 15 is 0 Å². The predicted octanol–water partition coefficient (Wildman–Crippen LogP) is -0.566. The lowest BCUT2D eigenvalue weighted by Crippen LogP contribution is -2.35. The second kappa shape index (κ2) is 7.41. The quantitative estimate of drug-likeness (QED) is 0.493. The summed E-state index contributed by atoms with van der Waals surface area (Å²) in [6, 6.07) is 0. The van der Waals surface area contributed by atoms with Crippen LogP contribution in [0.4, 0.5) is 0 Å². The van der Waals surface area contributed by atoms with E-state index in [0.717, 1.165) is 0 Å². The number of carbonyl (C=O) groups excluding carboxylic acids is 4. The maximum Gasteiger partial charge on any atom is 0.334 e. The normalized spacial score (nSPS) is 21.1. The second-order valence-electron chi connectivity index (χ2n) is 4.71. The van der Waals surface area contributed by atoms with E-state index in [4.69, 9.17) is 4.84 Å². The van der Waals surface area contributed by atoms with E-state index in [1.165, 1.54) is 28.8 Å². The largest absolute Gasteiger partial charge is 0.370 e. The number of carbonyl (C=O) groups is 4. The maximum atomic E-state index is 11.5. The van der Waals surface area contributed by atoms with Gasteiger partial charge in [-0.15, -0.1) is 5.06 Å². The predicted molar refractivity (Wildman–Crippen MR) is 76.0 cm³/mol. The van der Waals surface area contributed by atoms with Gasteiger partial charge in [0.1, 0.15) is 6.23 Å². The summed E-state index contributed by atoms with van der Waals surface area (Å²) in [6.07, 6.45) is 2.04. The van der Waals surface area contributed by atoms with E-state index in [0.29, 0.717) is 23.1 Å². The van der Waals surface area contributed by atoms with E-state index in [1.807, 2.05) is 0 Å². The minimum absolute atomic E-state index is 0.0521. The van der Waals surface area contributed by atoms with Gasteiger partial charge in [-0.3, -0.25) is 14.4 Å². The summed E-state index contributed by atoms with van der Waals surface area (Å²) >= 11 is 1.41. The molecule has 0 aromatic rings. The van der Waals surface area contributed by atoms with Crippen molar-refractivity contribution < 1.29 is 29.1 Å². The van der Waals surface area contributed by atoms with Crippen LogP contribution in [-0.4, -0.2) is 63.0 Å². The Balaban J connectivity index is 1.59. The third-order valence-corrected chi connectivity index (χ3v) is 4.10. The molecule has 0 aromatic carbocycles. The summed E-state index contributed by atoms with van der Waals surface area (Å²) in [5, 5.41) is 10.0. The number of thioether (sulfide) groups is 1. The molecule has 1 fully saturated rings. The van der Waals surface area contributed by atoms with Crippen LogP contribution in [0.15, 0.2) is 12.2 Å². The topological polar surface area (TPSA) is 104 Å². The fraction of sp³-hybridized carbons (Fsp3) is 0.538. The standard InChI is InChI=1S/C13H16N2O6S/c16-9-1-2-10(17)14(9)6-8-22-7-5-13(20)21-15-11(18)3-4-12(15)19/h1-2,9,16H,3-8H2. The number of aliphatic hydroxyl groups excluding tert-OH is 1. The molecule has 2 aliphatic heterocycles.